The van der Waals surface area contributed by atoms with E-state index in [1.165, 1.54) is 25.1 Å². The molecule has 0 radical (unpaired) electrons. The Hall–Kier alpha value is -1.80. The highest BCUT2D eigenvalue weighted by Crippen LogP contribution is 2.16. The molecule has 8 heteroatoms. The molecule has 2 aliphatic rings. The molecule has 2 aliphatic heterocycles. The van der Waals surface area contributed by atoms with E-state index in [1.54, 1.807) is 0 Å². The van der Waals surface area contributed by atoms with Crippen LogP contribution in [0.5, 0.6) is 0 Å². The van der Waals surface area contributed by atoms with Crippen LogP contribution in [0.25, 0.3) is 0 Å². The van der Waals surface area contributed by atoms with Gasteiger partial charge >= 0.3 is 0 Å². The van der Waals surface area contributed by atoms with Crippen molar-refractivity contribution < 1.29 is 4.52 Å². The Balaban J connectivity index is 1.31. The molecule has 0 unspecified atom stereocenters. The molecule has 0 atom stereocenters. The topological polar surface area (TPSA) is 76.1 Å². The van der Waals surface area contributed by atoms with Gasteiger partial charge in [-0.25, -0.2) is 0 Å². The number of nitrogens with zero attached hydrogens (tertiary/aromatic N) is 7. The monoisotopic (exact) mass is 331 g/mol. The molecule has 0 spiro atoms. The van der Waals surface area contributed by atoms with Gasteiger partial charge < -0.3 is 9.09 Å². The van der Waals surface area contributed by atoms with Crippen molar-refractivity contribution in [3.05, 3.63) is 23.4 Å². The van der Waals surface area contributed by atoms with Gasteiger partial charge in [-0.2, -0.15) is 4.98 Å². The maximum absolute atomic E-state index is 5.22. The summed E-state index contributed by atoms with van der Waals surface area (Å²) in [5.74, 6) is 3.72. The van der Waals surface area contributed by atoms with Crippen LogP contribution < -0.4 is 0 Å². The molecule has 0 bridgehead atoms. The Morgan fingerprint density at radius 1 is 0.917 bits per heavy atom. The molecule has 4 rings (SSSR count). The predicted octanol–water partition coefficient (Wildman–Crippen LogP) is 1.01. The van der Waals surface area contributed by atoms with Crippen molar-refractivity contribution in [3.8, 4) is 0 Å². The molecule has 4 heterocycles. The summed E-state index contributed by atoms with van der Waals surface area (Å²) >= 11 is 0. The molecular formula is C16H25N7O. The highest BCUT2D eigenvalue weighted by atomic mass is 16.5. The lowest BCUT2D eigenvalue weighted by Crippen LogP contribution is -2.45. The smallest absolute Gasteiger partial charge is 0.240 e. The molecule has 24 heavy (non-hydrogen) atoms. The van der Waals surface area contributed by atoms with Crippen LogP contribution in [0.2, 0.25) is 0 Å². The fourth-order valence-corrected chi connectivity index (χ4v) is 3.56. The van der Waals surface area contributed by atoms with E-state index in [4.69, 9.17) is 4.52 Å². The van der Waals surface area contributed by atoms with Crippen LogP contribution in [0.1, 0.15) is 42.6 Å². The fraction of sp³-hybridized carbons (Fsp3) is 0.750. The van der Waals surface area contributed by atoms with Crippen LogP contribution in [-0.4, -0.2) is 60.9 Å². The molecule has 0 saturated carbocycles. The first-order chi connectivity index (χ1) is 11.8. The van der Waals surface area contributed by atoms with Crippen LogP contribution >= 0.6 is 0 Å². The molecule has 130 valence electrons. The maximum Gasteiger partial charge on any atom is 0.240 e. The van der Waals surface area contributed by atoms with Gasteiger partial charge in [0.1, 0.15) is 11.6 Å². The number of piperazine rings is 1. The normalized spacial score (nSPS) is 20.0. The fourth-order valence-electron chi connectivity index (χ4n) is 3.56. The summed E-state index contributed by atoms with van der Waals surface area (Å²) in [5, 5.41) is 12.7. The molecule has 2 aromatic heterocycles. The number of hydrogen-bond acceptors (Lipinski definition) is 7. The zero-order chi connectivity index (χ0) is 16.4. The molecule has 0 amide bonds. The number of fused-ring (bicyclic) bond motifs is 1. The Kier molecular flexibility index (Phi) is 4.57. The van der Waals surface area contributed by atoms with Crippen LogP contribution in [-0.2, 0) is 26.1 Å². The van der Waals surface area contributed by atoms with E-state index in [-0.39, 0.29) is 0 Å². The lowest BCUT2D eigenvalue weighted by molar-refractivity contribution is 0.109. The summed E-state index contributed by atoms with van der Waals surface area (Å²) in [5.41, 5.74) is 0. The molecular weight excluding hydrogens is 306 g/mol. The third kappa shape index (κ3) is 3.49. The van der Waals surface area contributed by atoms with Gasteiger partial charge in [-0.1, -0.05) is 11.6 Å². The van der Waals surface area contributed by atoms with Crippen LogP contribution in [0.15, 0.2) is 4.52 Å². The van der Waals surface area contributed by atoms with E-state index in [0.29, 0.717) is 11.7 Å². The summed E-state index contributed by atoms with van der Waals surface area (Å²) in [6.07, 6.45) is 4.86. The first kappa shape index (κ1) is 15.7. The SMILES string of the molecule is Cc1noc(CN2CCN(Cc3nnc4n3CCCCC4)CC2)n1. The van der Waals surface area contributed by atoms with E-state index < -0.39 is 0 Å². The Labute approximate surface area is 141 Å². The standard InChI is InChI=1S/C16H25N7O/c1-13-17-16(24-20-13)12-22-9-7-21(8-10-22)11-15-19-18-14-5-3-2-4-6-23(14)15/h2-12H2,1H3. The van der Waals surface area contributed by atoms with Crippen molar-refractivity contribution in [2.24, 2.45) is 0 Å². The van der Waals surface area contributed by atoms with E-state index in [0.717, 1.165) is 58.1 Å². The first-order valence-electron chi connectivity index (χ1n) is 8.93. The molecule has 1 saturated heterocycles. The zero-order valence-electron chi connectivity index (χ0n) is 14.3. The van der Waals surface area contributed by atoms with Gasteiger partial charge in [-0.15, -0.1) is 10.2 Å². The second-order valence-corrected chi connectivity index (χ2v) is 6.78. The minimum Gasteiger partial charge on any atom is -0.338 e. The highest BCUT2D eigenvalue weighted by molar-refractivity contribution is 4.98. The summed E-state index contributed by atoms with van der Waals surface area (Å²) in [4.78, 5) is 9.13. The van der Waals surface area contributed by atoms with E-state index in [9.17, 15) is 0 Å². The van der Waals surface area contributed by atoms with Crippen LogP contribution in [0.4, 0.5) is 0 Å². The minimum atomic E-state index is 0.705. The molecule has 0 aromatic carbocycles. The number of aryl methyl sites for hydroxylation is 2. The zero-order valence-corrected chi connectivity index (χ0v) is 14.3. The van der Waals surface area contributed by atoms with Gasteiger partial charge in [0.15, 0.2) is 5.82 Å². The largest absolute Gasteiger partial charge is 0.338 e. The van der Waals surface area contributed by atoms with E-state index >= 15 is 0 Å². The molecule has 8 nitrogen and oxygen atoms in total. The number of aromatic nitrogens is 5. The first-order valence-corrected chi connectivity index (χ1v) is 8.93. The van der Waals surface area contributed by atoms with Gasteiger partial charge in [0.25, 0.3) is 0 Å². The van der Waals surface area contributed by atoms with E-state index in [2.05, 4.69) is 34.7 Å². The Bertz CT molecular complexity index is 672. The summed E-state index contributed by atoms with van der Waals surface area (Å²) in [6.45, 7) is 8.69. The lowest BCUT2D eigenvalue weighted by Gasteiger charge is -2.33. The van der Waals surface area contributed by atoms with Crippen molar-refractivity contribution in [2.45, 2.75) is 52.2 Å². The minimum absolute atomic E-state index is 0.705. The summed E-state index contributed by atoms with van der Waals surface area (Å²) in [6, 6.07) is 0. The van der Waals surface area contributed by atoms with Crippen LogP contribution in [0, 0.1) is 6.92 Å². The van der Waals surface area contributed by atoms with Crippen molar-refractivity contribution >= 4 is 0 Å². The van der Waals surface area contributed by atoms with Gasteiger partial charge in [0, 0.05) is 39.1 Å². The second kappa shape index (κ2) is 6.98. The van der Waals surface area contributed by atoms with Crippen molar-refractivity contribution in [3.63, 3.8) is 0 Å². The predicted molar refractivity (Wildman–Crippen MR) is 87.2 cm³/mol. The van der Waals surface area contributed by atoms with Crippen molar-refractivity contribution in [1.29, 1.82) is 0 Å². The average Bonchev–Trinajstić information content (AvgIpc) is 3.08. The molecule has 0 aliphatic carbocycles. The molecule has 1 fully saturated rings. The quantitative estimate of drug-likeness (QED) is 0.827. The van der Waals surface area contributed by atoms with Gasteiger partial charge in [-0.05, 0) is 19.8 Å². The van der Waals surface area contributed by atoms with Crippen LogP contribution in [0.3, 0.4) is 0 Å². The van der Waals surface area contributed by atoms with Gasteiger partial charge in [0.05, 0.1) is 13.1 Å². The van der Waals surface area contributed by atoms with Gasteiger partial charge in [-0.3, -0.25) is 9.80 Å². The average molecular weight is 331 g/mol. The Morgan fingerprint density at radius 3 is 2.46 bits per heavy atom. The number of rotatable bonds is 4. The highest BCUT2D eigenvalue weighted by Gasteiger charge is 2.22. The summed E-state index contributed by atoms with van der Waals surface area (Å²) < 4.78 is 7.56. The molecule has 0 N–H and O–H groups in total. The molecule has 2 aromatic rings. The maximum atomic E-state index is 5.22. The van der Waals surface area contributed by atoms with Crippen molar-refractivity contribution in [1.82, 2.24) is 34.7 Å². The van der Waals surface area contributed by atoms with Crippen molar-refractivity contribution in [2.75, 3.05) is 26.2 Å². The van der Waals surface area contributed by atoms with Gasteiger partial charge in [0.2, 0.25) is 5.89 Å². The third-order valence-electron chi connectivity index (χ3n) is 4.94. The lowest BCUT2D eigenvalue weighted by atomic mass is 10.2. The third-order valence-corrected chi connectivity index (χ3v) is 4.94. The summed E-state index contributed by atoms with van der Waals surface area (Å²) in [7, 11) is 0. The Morgan fingerprint density at radius 2 is 1.71 bits per heavy atom. The van der Waals surface area contributed by atoms with E-state index in [1.807, 2.05) is 6.92 Å². The second-order valence-electron chi connectivity index (χ2n) is 6.78. The number of hydrogen-bond donors (Lipinski definition) is 0.